The highest BCUT2D eigenvalue weighted by molar-refractivity contribution is 6.42. The van der Waals surface area contributed by atoms with Gasteiger partial charge in [-0.05, 0) is 30.2 Å². The molecule has 0 aromatic heterocycles. The predicted octanol–water partition coefficient (Wildman–Crippen LogP) is 4.82. The van der Waals surface area contributed by atoms with E-state index in [1.165, 1.54) is 11.1 Å². The van der Waals surface area contributed by atoms with Crippen LogP contribution in [0, 0.1) is 5.92 Å². The van der Waals surface area contributed by atoms with E-state index >= 15 is 0 Å². The first-order valence-corrected chi connectivity index (χ1v) is 7.91. The van der Waals surface area contributed by atoms with Gasteiger partial charge in [0.05, 0.1) is 33.6 Å². The van der Waals surface area contributed by atoms with Crippen molar-refractivity contribution >= 4 is 40.5 Å². The molecule has 6 heteroatoms. The smallest absolute Gasteiger partial charge is 0.340 e. The van der Waals surface area contributed by atoms with Crippen LogP contribution >= 0.6 is 23.2 Å². The molecule has 2 rings (SSSR count). The van der Waals surface area contributed by atoms with Crippen LogP contribution in [0.25, 0.3) is 0 Å². The Hall–Kier alpha value is -1.75. The SMILES string of the molecule is CC(C)COC(=O)c1cc(Cl)c(Cl)cc1N(N)c1ccccc1. The molecule has 0 atom stereocenters. The summed E-state index contributed by atoms with van der Waals surface area (Å²) in [5.41, 5.74) is 1.41. The Morgan fingerprint density at radius 3 is 2.39 bits per heavy atom. The van der Waals surface area contributed by atoms with Crippen molar-refractivity contribution in [1.82, 2.24) is 0 Å². The van der Waals surface area contributed by atoms with Gasteiger partial charge in [-0.2, -0.15) is 0 Å². The fraction of sp³-hybridized carbons (Fsp3) is 0.235. The molecular weight excluding hydrogens is 335 g/mol. The van der Waals surface area contributed by atoms with Crippen LogP contribution in [0.15, 0.2) is 42.5 Å². The molecule has 0 saturated heterocycles. The maximum atomic E-state index is 12.4. The van der Waals surface area contributed by atoms with Crippen molar-refractivity contribution in [2.45, 2.75) is 13.8 Å². The van der Waals surface area contributed by atoms with Crippen molar-refractivity contribution in [3.63, 3.8) is 0 Å². The monoisotopic (exact) mass is 352 g/mol. The summed E-state index contributed by atoms with van der Waals surface area (Å²) in [4.78, 5) is 12.4. The molecule has 0 aliphatic carbocycles. The number of nitrogens with zero attached hydrogens (tertiary/aromatic N) is 1. The Kier molecular flexibility index (Phi) is 5.88. The first-order valence-electron chi connectivity index (χ1n) is 7.16. The first kappa shape index (κ1) is 17.6. The summed E-state index contributed by atoms with van der Waals surface area (Å²) in [6.07, 6.45) is 0. The maximum Gasteiger partial charge on any atom is 0.340 e. The van der Waals surface area contributed by atoms with E-state index in [9.17, 15) is 4.79 Å². The number of hydrogen-bond donors (Lipinski definition) is 1. The number of ether oxygens (including phenoxy) is 1. The molecule has 0 heterocycles. The number of para-hydroxylation sites is 1. The first-order chi connectivity index (χ1) is 10.9. The molecule has 2 aromatic rings. The second-order valence-electron chi connectivity index (χ2n) is 5.48. The minimum absolute atomic E-state index is 0.230. The molecule has 4 nitrogen and oxygen atoms in total. The summed E-state index contributed by atoms with van der Waals surface area (Å²) >= 11 is 12.1. The standard InChI is InChI=1S/C17H18Cl2N2O2/c1-11(2)10-23-17(22)13-8-14(18)15(19)9-16(13)21(20)12-6-4-3-5-7-12/h3-9,11H,10,20H2,1-2H3. The lowest BCUT2D eigenvalue weighted by atomic mass is 10.1. The van der Waals surface area contributed by atoms with Gasteiger partial charge in [-0.1, -0.05) is 55.2 Å². The van der Waals surface area contributed by atoms with Crippen LogP contribution in [0.2, 0.25) is 10.0 Å². The summed E-state index contributed by atoms with van der Waals surface area (Å²) in [6, 6.07) is 12.3. The van der Waals surface area contributed by atoms with Gasteiger partial charge in [0.2, 0.25) is 0 Å². The summed E-state index contributed by atoms with van der Waals surface area (Å²) < 4.78 is 5.29. The van der Waals surface area contributed by atoms with Crippen LogP contribution in [0.5, 0.6) is 0 Å². The van der Waals surface area contributed by atoms with E-state index < -0.39 is 5.97 Å². The van der Waals surface area contributed by atoms with Crippen LogP contribution in [-0.2, 0) is 4.74 Å². The van der Waals surface area contributed by atoms with Gasteiger partial charge >= 0.3 is 5.97 Å². The van der Waals surface area contributed by atoms with Crippen LogP contribution in [0.4, 0.5) is 11.4 Å². The van der Waals surface area contributed by atoms with E-state index in [2.05, 4.69) is 0 Å². The second-order valence-corrected chi connectivity index (χ2v) is 6.30. The van der Waals surface area contributed by atoms with Crippen molar-refractivity contribution in [3.05, 3.63) is 58.1 Å². The highest BCUT2D eigenvalue weighted by Crippen LogP contribution is 2.33. The zero-order chi connectivity index (χ0) is 17.0. The molecule has 0 fully saturated rings. The summed E-state index contributed by atoms with van der Waals surface area (Å²) in [7, 11) is 0. The fourth-order valence-electron chi connectivity index (χ4n) is 1.95. The molecule has 122 valence electrons. The number of hydrazine groups is 1. The van der Waals surface area contributed by atoms with E-state index in [0.717, 1.165) is 0 Å². The number of carbonyl (C=O) groups is 1. The molecule has 0 unspecified atom stereocenters. The lowest BCUT2D eigenvalue weighted by Crippen LogP contribution is -2.27. The van der Waals surface area contributed by atoms with E-state index in [1.54, 1.807) is 6.07 Å². The number of carbonyl (C=O) groups excluding carboxylic acids is 1. The quantitative estimate of drug-likeness (QED) is 0.476. The minimum atomic E-state index is -0.487. The molecule has 0 radical (unpaired) electrons. The number of halogens is 2. The highest BCUT2D eigenvalue weighted by atomic mass is 35.5. The third-order valence-electron chi connectivity index (χ3n) is 3.10. The largest absolute Gasteiger partial charge is 0.462 e. The zero-order valence-corrected chi connectivity index (χ0v) is 14.4. The molecule has 0 aliphatic rings. The molecule has 23 heavy (non-hydrogen) atoms. The Labute approximate surface area is 145 Å². The Bertz CT molecular complexity index is 690. The molecule has 0 bridgehead atoms. The second kappa shape index (κ2) is 7.68. The summed E-state index contributed by atoms with van der Waals surface area (Å²) in [5.74, 6) is 5.90. The normalized spacial score (nSPS) is 10.7. The molecule has 0 aliphatic heterocycles. The van der Waals surface area contributed by atoms with E-state index in [4.69, 9.17) is 33.8 Å². The molecular formula is C17H18Cl2N2O2. The third kappa shape index (κ3) is 4.38. The van der Waals surface area contributed by atoms with Crippen molar-refractivity contribution in [3.8, 4) is 0 Å². The average Bonchev–Trinajstić information content (AvgIpc) is 2.54. The van der Waals surface area contributed by atoms with Gasteiger partial charge in [-0.15, -0.1) is 0 Å². The van der Waals surface area contributed by atoms with Gasteiger partial charge in [0.1, 0.15) is 0 Å². The molecule has 2 aromatic carbocycles. The molecule has 0 amide bonds. The van der Waals surface area contributed by atoms with Crippen molar-refractivity contribution in [2.24, 2.45) is 11.8 Å². The summed E-state index contributed by atoms with van der Waals surface area (Å²) in [6.45, 7) is 4.24. The van der Waals surface area contributed by atoms with E-state index in [1.807, 2.05) is 44.2 Å². The number of nitrogens with two attached hydrogens (primary N) is 1. The van der Waals surface area contributed by atoms with Gasteiger partial charge in [0.25, 0.3) is 0 Å². The van der Waals surface area contributed by atoms with E-state index in [-0.39, 0.29) is 16.5 Å². The molecule has 2 N–H and O–H groups in total. The van der Waals surface area contributed by atoms with Crippen LogP contribution in [0.1, 0.15) is 24.2 Å². The van der Waals surface area contributed by atoms with Crippen LogP contribution in [-0.4, -0.2) is 12.6 Å². The van der Waals surface area contributed by atoms with Crippen molar-refractivity contribution in [2.75, 3.05) is 11.6 Å². The Balaban J connectivity index is 2.41. The van der Waals surface area contributed by atoms with Gasteiger partial charge < -0.3 is 4.74 Å². The number of benzene rings is 2. The Morgan fingerprint density at radius 2 is 1.78 bits per heavy atom. The number of esters is 1. The van der Waals surface area contributed by atoms with E-state index in [0.29, 0.717) is 23.0 Å². The van der Waals surface area contributed by atoms with Crippen LogP contribution < -0.4 is 10.9 Å². The highest BCUT2D eigenvalue weighted by Gasteiger charge is 2.20. The van der Waals surface area contributed by atoms with Crippen molar-refractivity contribution in [1.29, 1.82) is 0 Å². The van der Waals surface area contributed by atoms with Crippen LogP contribution in [0.3, 0.4) is 0 Å². The van der Waals surface area contributed by atoms with Gasteiger partial charge in [-0.25, -0.2) is 10.6 Å². The topological polar surface area (TPSA) is 55.6 Å². The zero-order valence-electron chi connectivity index (χ0n) is 12.9. The fourth-order valence-corrected chi connectivity index (χ4v) is 2.27. The maximum absolute atomic E-state index is 12.4. The predicted molar refractivity (Wildman–Crippen MR) is 94.4 cm³/mol. The van der Waals surface area contributed by atoms with Gasteiger partial charge in [-0.3, -0.25) is 5.01 Å². The lowest BCUT2D eigenvalue weighted by Gasteiger charge is -2.22. The molecule has 0 saturated carbocycles. The number of rotatable bonds is 5. The lowest BCUT2D eigenvalue weighted by molar-refractivity contribution is 0.0460. The third-order valence-corrected chi connectivity index (χ3v) is 3.82. The number of anilines is 2. The number of hydrogen-bond acceptors (Lipinski definition) is 4. The minimum Gasteiger partial charge on any atom is -0.462 e. The van der Waals surface area contributed by atoms with Gasteiger partial charge in [0, 0.05) is 0 Å². The van der Waals surface area contributed by atoms with Crippen molar-refractivity contribution < 1.29 is 9.53 Å². The summed E-state index contributed by atoms with van der Waals surface area (Å²) in [5, 5.41) is 1.97. The van der Waals surface area contributed by atoms with Gasteiger partial charge in [0.15, 0.2) is 0 Å². The Morgan fingerprint density at radius 1 is 1.17 bits per heavy atom. The average molecular weight is 353 g/mol. The molecule has 0 spiro atoms.